The number of hydrogen-bond donors (Lipinski definition) is 1. The molecule has 0 amide bonds. The van der Waals surface area contributed by atoms with Gasteiger partial charge in [-0.05, 0) is 43.9 Å². The van der Waals surface area contributed by atoms with Crippen molar-refractivity contribution in [2.75, 3.05) is 5.73 Å². The fraction of sp³-hybridized carbons (Fsp3) is 0.571. The van der Waals surface area contributed by atoms with Gasteiger partial charge in [-0.3, -0.25) is 0 Å². The predicted octanol–water partition coefficient (Wildman–Crippen LogP) is 2.17. The number of hydrogen-bond acceptors (Lipinski definition) is 4. The zero-order chi connectivity index (χ0) is 12.7. The van der Waals surface area contributed by atoms with Crippen LogP contribution in [0.2, 0.25) is 0 Å². The van der Waals surface area contributed by atoms with Crippen molar-refractivity contribution in [3.63, 3.8) is 0 Å². The highest BCUT2D eigenvalue weighted by Crippen LogP contribution is 2.76. The lowest BCUT2D eigenvalue weighted by atomic mass is 9.88. The Bertz CT molecular complexity index is 664. The topological polar surface area (TPSA) is 67.2 Å². The summed E-state index contributed by atoms with van der Waals surface area (Å²) in [6, 6.07) is 0. The van der Waals surface area contributed by atoms with Gasteiger partial charge in [0.25, 0.3) is 5.69 Å². The summed E-state index contributed by atoms with van der Waals surface area (Å²) in [4.78, 5) is 12.8. The van der Waals surface area contributed by atoms with Gasteiger partial charge in [-0.15, -0.1) is 0 Å². The number of rotatable bonds is 0. The first kappa shape index (κ1) is 10.1. The molecule has 0 aromatic carbocycles. The summed E-state index contributed by atoms with van der Waals surface area (Å²) in [6.07, 6.45) is 11.5. The van der Waals surface area contributed by atoms with Gasteiger partial charge < -0.3 is 5.73 Å². The monoisotopic (exact) mass is 254 g/mol. The maximum atomic E-state index is 5.88. The molecule has 0 radical (unpaired) electrons. The van der Waals surface area contributed by atoms with Crippen LogP contribution in [0.1, 0.15) is 38.5 Å². The van der Waals surface area contributed by atoms with E-state index < -0.39 is 0 Å². The molecular weight excluding hydrogens is 238 g/mol. The van der Waals surface area contributed by atoms with E-state index in [1.165, 1.54) is 50.6 Å². The van der Waals surface area contributed by atoms with Crippen molar-refractivity contribution in [1.82, 2.24) is 9.97 Å². The molecule has 0 bridgehead atoms. The van der Waals surface area contributed by atoms with E-state index in [1.807, 2.05) is 6.34 Å². The van der Waals surface area contributed by atoms with Crippen molar-refractivity contribution >= 4 is 29.4 Å². The minimum Gasteiger partial charge on any atom is -0.380 e. The molecule has 2 spiro atoms. The van der Waals surface area contributed by atoms with Crippen molar-refractivity contribution in [3.8, 4) is 0 Å². The first-order valence-corrected chi connectivity index (χ1v) is 7.06. The third-order valence-corrected chi connectivity index (χ3v) is 5.66. The van der Waals surface area contributed by atoms with Crippen LogP contribution >= 0.6 is 0 Å². The Morgan fingerprint density at radius 1 is 1.11 bits per heavy atom. The summed E-state index contributed by atoms with van der Waals surface area (Å²) in [5.41, 5.74) is 9.26. The molecule has 96 valence electrons. The van der Waals surface area contributed by atoms with E-state index in [9.17, 15) is 0 Å². The lowest BCUT2D eigenvalue weighted by molar-refractivity contribution is -0.300. The molecule has 2 N–H and O–H groups in total. The number of nitrogens with zero attached hydrogens (tertiary/aromatic N) is 4. The van der Waals surface area contributed by atoms with Gasteiger partial charge in [-0.1, -0.05) is 9.98 Å². The second-order valence-electron chi connectivity index (χ2n) is 6.35. The first-order valence-electron chi connectivity index (χ1n) is 7.06. The van der Waals surface area contributed by atoms with Gasteiger partial charge in [-0.25, -0.2) is 4.58 Å². The first-order chi connectivity index (χ1) is 9.26. The molecule has 5 heteroatoms. The normalized spacial score (nSPS) is 31.2. The maximum Gasteiger partial charge on any atom is 0.315 e. The van der Waals surface area contributed by atoms with Crippen molar-refractivity contribution < 1.29 is 4.58 Å². The summed E-state index contributed by atoms with van der Waals surface area (Å²) in [5.74, 6) is 1.36. The fourth-order valence-electron chi connectivity index (χ4n) is 4.37. The number of aliphatic imine (C=N–C) groups is 1. The maximum absolute atomic E-state index is 5.88. The zero-order valence-corrected chi connectivity index (χ0v) is 10.8. The summed E-state index contributed by atoms with van der Waals surface area (Å²) in [6.45, 7) is 0. The lowest BCUT2D eigenvalue weighted by Crippen LogP contribution is -2.24. The molecule has 0 unspecified atom stereocenters. The third kappa shape index (κ3) is 1.04. The Balaban J connectivity index is 1.72. The highest BCUT2D eigenvalue weighted by atomic mass is 15.2. The SMILES string of the molecule is Nc1ncnc2c1N=C[N+]2=C1CCC2(CC2)C12CC2. The van der Waals surface area contributed by atoms with Crippen LogP contribution in [0.4, 0.5) is 17.3 Å². The highest BCUT2D eigenvalue weighted by Gasteiger charge is 2.71. The second-order valence-corrected chi connectivity index (χ2v) is 6.35. The molecule has 0 saturated heterocycles. The molecule has 3 fully saturated rings. The molecule has 19 heavy (non-hydrogen) atoms. The minimum absolute atomic E-state index is 0.473. The van der Waals surface area contributed by atoms with Gasteiger partial charge in [0.05, 0.1) is 5.71 Å². The van der Waals surface area contributed by atoms with Crippen LogP contribution in [-0.4, -0.2) is 26.6 Å². The highest BCUT2D eigenvalue weighted by molar-refractivity contribution is 5.97. The van der Waals surface area contributed by atoms with Crippen LogP contribution in [0.5, 0.6) is 0 Å². The summed E-state index contributed by atoms with van der Waals surface area (Å²) >= 11 is 0. The zero-order valence-electron chi connectivity index (χ0n) is 10.8. The van der Waals surface area contributed by atoms with Crippen LogP contribution in [0.3, 0.4) is 0 Å². The predicted molar refractivity (Wildman–Crippen MR) is 72.1 cm³/mol. The smallest absolute Gasteiger partial charge is 0.315 e. The van der Waals surface area contributed by atoms with E-state index in [1.54, 1.807) is 0 Å². The molecule has 5 rings (SSSR count). The molecule has 4 aliphatic rings. The Kier molecular flexibility index (Phi) is 1.52. The fourth-order valence-corrected chi connectivity index (χ4v) is 4.37. The Morgan fingerprint density at radius 2 is 1.95 bits per heavy atom. The van der Waals surface area contributed by atoms with Crippen LogP contribution in [-0.2, 0) is 0 Å². The number of anilines is 1. The average molecular weight is 254 g/mol. The lowest BCUT2D eigenvalue weighted by Gasteiger charge is -2.17. The summed E-state index contributed by atoms with van der Waals surface area (Å²) < 4.78 is 2.20. The van der Waals surface area contributed by atoms with E-state index in [2.05, 4.69) is 19.5 Å². The van der Waals surface area contributed by atoms with E-state index in [0.29, 0.717) is 16.6 Å². The van der Waals surface area contributed by atoms with E-state index >= 15 is 0 Å². The number of nitrogen functional groups attached to an aromatic ring is 1. The Morgan fingerprint density at radius 3 is 2.68 bits per heavy atom. The van der Waals surface area contributed by atoms with Crippen LogP contribution in [0.25, 0.3) is 0 Å². The Hall–Kier alpha value is -1.78. The molecule has 3 aliphatic carbocycles. The quantitative estimate of drug-likeness (QED) is 0.721. The summed E-state index contributed by atoms with van der Waals surface area (Å²) in [5, 5.41) is 0. The number of nitrogens with two attached hydrogens (primary N) is 1. The van der Waals surface area contributed by atoms with Gasteiger partial charge in [0.1, 0.15) is 0 Å². The van der Waals surface area contributed by atoms with Crippen molar-refractivity contribution in [2.45, 2.75) is 38.5 Å². The van der Waals surface area contributed by atoms with Gasteiger partial charge in [-0.2, -0.15) is 4.98 Å². The van der Waals surface area contributed by atoms with Crippen molar-refractivity contribution in [3.05, 3.63) is 6.33 Å². The van der Waals surface area contributed by atoms with Crippen molar-refractivity contribution in [1.29, 1.82) is 0 Å². The molecule has 3 saturated carbocycles. The van der Waals surface area contributed by atoms with Crippen LogP contribution in [0, 0.1) is 10.8 Å². The largest absolute Gasteiger partial charge is 0.380 e. The standard InChI is InChI=1S/C14H16N5/c15-11-10-12(17-7-16-11)19(8-18-10)9-1-2-13(3-4-13)14(9)5-6-14/h7-8H,1-6H2,(H2,15,16,17)/q+1. The van der Waals surface area contributed by atoms with Crippen molar-refractivity contribution in [2.24, 2.45) is 15.8 Å². The number of aromatic nitrogens is 2. The van der Waals surface area contributed by atoms with Gasteiger partial charge >= 0.3 is 5.82 Å². The number of fused-ring (bicyclic) bond motifs is 2. The molecule has 2 heterocycles. The third-order valence-electron chi connectivity index (χ3n) is 5.66. The molecular formula is C14H16N5+. The second kappa shape index (κ2) is 2.86. The Labute approximate surface area is 111 Å². The van der Waals surface area contributed by atoms with Crippen LogP contribution in [0.15, 0.2) is 11.3 Å². The van der Waals surface area contributed by atoms with Gasteiger partial charge in [0, 0.05) is 5.41 Å². The summed E-state index contributed by atoms with van der Waals surface area (Å²) in [7, 11) is 0. The van der Waals surface area contributed by atoms with E-state index in [4.69, 9.17) is 5.73 Å². The van der Waals surface area contributed by atoms with Crippen LogP contribution < -0.4 is 5.73 Å². The minimum atomic E-state index is 0.473. The molecule has 1 aliphatic heterocycles. The molecule has 0 atom stereocenters. The molecule has 1 aromatic heterocycles. The molecule has 5 nitrogen and oxygen atoms in total. The average Bonchev–Trinajstić information content (AvgIpc) is 3.26. The van der Waals surface area contributed by atoms with Gasteiger partial charge in [0.15, 0.2) is 12.1 Å². The molecule has 1 aromatic rings. The van der Waals surface area contributed by atoms with E-state index in [-0.39, 0.29) is 0 Å². The van der Waals surface area contributed by atoms with E-state index in [0.717, 1.165) is 11.5 Å². The van der Waals surface area contributed by atoms with Gasteiger partial charge in [0.2, 0.25) is 6.34 Å².